The number of hydrogen-bond acceptors (Lipinski definition) is 4. The van der Waals surface area contributed by atoms with Crippen LogP contribution in [0.25, 0.3) is 0 Å². The van der Waals surface area contributed by atoms with Gasteiger partial charge in [-0.3, -0.25) is 0 Å². The van der Waals surface area contributed by atoms with Crippen molar-refractivity contribution in [1.82, 2.24) is 15.0 Å². The van der Waals surface area contributed by atoms with Crippen molar-refractivity contribution >= 4 is 10.0 Å². The predicted octanol–water partition coefficient (Wildman–Crippen LogP) is 0.580. The van der Waals surface area contributed by atoms with Crippen LogP contribution < -0.4 is 10.0 Å². The first-order valence-electron chi connectivity index (χ1n) is 6.55. The molecule has 2 atom stereocenters. The molecule has 0 amide bonds. The summed E-state index contributed by atoms with van der Waals surface area (Å²) in [5, 5.41) is 3.14. The molecule has 2 unspecified atom stereocenters. The van der Waals surface area contributed by atoms with Gasteiger partial charge in [0, 0.05) is 25.0 Å². The van der Waals surface area contributed by atoms with Crippen LogP contribution >= 0.6 is 0 Å². The Morgan fingerprint density at radius 2 is 2.32 bits per heavy atom. The highest BCUT2D eigenvalue weighted by Gasteiger charge is 2.29. The van der Waals surface area contributed by atoms with Crippen LogP contribution in [0.15, 0.2) is 17.2 Å². The Kier molecular flexibility index (Phi) is 4.62. The standard InChI is InChI=1S/C12H21N3O3S/c1-3-13-7-10-6-11(8-14-10)19(16,17)15-12-4-5-18-9(12)2/h6,8-9,12-15H,3-5,7H2,1-2H3. The van der Waals surface area contributed by atoms with Crippen LogP contribution in [-0.2, 0) is 21.3 Å². The quantitative estimate of drug-likeness (QED) is 0.715. The van der Waals surface area contributed by atoms with Crippen LogP contribution in [0.4, 0.5) is 0 Å². The third-order valence-corrected chi connectivity index (χ3v) is 4.74. The van der Waals surface area contributed by atoms with Crippen LogP contribution in [0.2, 0.25) is 0 Å². The first-order valence-corrected chi connectivity index (χ1v) is 8.03. The molecular weight excluding hydrogens is 266 g/mol. The highest BCUT2D eigenvalue weighted by molar-refractivity contribution is 7.89. The minimum Gasteiger partial charge on any atom is -0.377 e. The van der Waals surface area contributed by atoms with E-state index in [2.05, 4.69) is 15.0 Å². The van der Waals surface area contributed by atoms with Crippen LogP contribution in [0.3, 0.4) is 0 Å². The van der Waals surface area contributed by atoms with E-state index < -0.39 is 10.0 Å². The molecule has 7 heteroatoms. The number of nitrogens with one attached hydrogen (secondary N) is 3. The third kappa shape index (κ3) is 3.56. The molecule has 1 aromatic rings. The van der Waals surface area contributed by atoms with E-state index in [-0.39, 0.29) is 17.0 Å². The summed E-state index contributed by atoms with van der Waals surface area (Å²) in [4.78, 5) is 3.25. The van der Waals surface area contributed by atoms with Crippen molar-refractivity contribution in [3.8, 4) is 0 Å². The van der Waals surface area contributed by atoms with E-state index in [1.807, 2.05) is 13.8 Å². The van der Waals surface area contributed by atoms with Gasteiger partial charge in [0.25, 0.3) is 0 Å². The van der Waals surface area contributed by atoms with E-state index in [1.54, 1.807) is 6.07 Å². The maximum Gasteiger partial charge on any atom is 0.242 e. The molecule has 1 aliphatic heterocycles. The zero-order chi connectivity index (χ0) is 13.9. The second-order valence-corrected chi connectivity index (χ2v) is 6.45. The topological polar surface area (TPSA) is 83.2 Å². The lowest BCUT2D eigenvalue weighted by Gasteiger charge is -2.15. The summed E-state index contributed by atoms with van der Waals surface area (Å²) in [6.45, 7) is 5.97. The van der Waals surface area contributed by atoms with E-state index in [0.29, 0.717) is 13.2 Å². The molecule has 108 valence electrons. The molecule has 0 radical (unpaired) electrons. The smallest absolute Gasteiger partial charge is 0.242 e. The number of rotatable bonds is 6. The molecule has 0 aromatic carbocycles. The summed E-state index contributed by atoms with van der Waals surface area (Å²) < 4.78 is 32.5. The van der Waals surface area contributed by atoms with Crippen LogP contribution in [0, 0.1) is 0 Å². The number of sulfonamides is 1. The molecule has 0 bridgehead atoms. The van der Waals surface area contributed by atoms with E-state index in [9.17, 15) is 8.42 Å². The van der Waals surface area contributed by atoms with Crippen molar-refractivity contribution < 1.29 is 13.2 Å². The lowest BCUT2D eigenvalue weighted by atomic mass is 10.2. The summed E-state index contributed by atoms with van der Waals surface area (Å²) in [6, 6.07) is 1.52. The van der Waals surface area contributed by atoms with Crippen molar-refractivity contribution in [3.05, 3.63) is 18.0 Å². The number of ether oxygens (including phenoxy) is 1. The largest absolute Gasteiger partial charge is 0.377 e. The van der Waals surface area contributed by atoms with Crippen molar-refractivity contribution in [2.75, 3.05) is 13.2 Å². The van der Waals surface area contributed by atoms with Gasteiger partial charge in [0.05, 0.1) is 17.0 Å². The summed E-state index contributed by atoms with van der Waals surface area (Å²) in [7, 11) is -3.47. The molecule has 3 N–H and O–H groups in total. The maximum atomic E-state index is 12.2. The lowest BCUT2D eigenvalue weighted by Crippen LogP contribution is -2.38. The van der Waals surface area contributed by atoms with Crippen molar-refractivity contribution in [2.24, 2.45) is 0 Å². The number of hydrogen-bond donors (Lipinski definition) is 3. The number of aromatic amines is 1. The minimum atomic E-state index is -3.47. The molecule has 6 nitrogen and oxygen atoms in total. The van der Waals surface area contributed by atoms with Crippen molar-refractivity contribution in [3.63, 3.8) is 0 Å². The van der Waals surface area contributed by atoms with E-state index >= 15 is 0 Å². The normalized spacial score (nSPS) is 23.9. The van der Waals surface area contributed by atoms with E-state index in [4.69, 9.17) is 4.74 Å². The zero-order valence-electron chi connectivity index (χ0n) is 11.3. The van der Waals surface area contributed by atoms with Gasteiger partial charge >= 0.3 is 0 Å². The highest BCUT2D eigenvalue weighted by atomic mass is 32.2. The maximum absolute atomic E-state index is 12.2. The first kappa shape index (κ1) is 14.5. The monoisotopic (exact) mass is 287 g/mol. The second-order valence-electron chi connectivity index (χ2n) is 4.73. The average molecular weight is 287 g/mol. The summed E-state index contributed by atoms with van der Waals surface area (Å²) in [6.07, 6.45) is 2.17. The van der Waals surface area contributed by atoms with Gasteiger partial charge in [-0.2, -0.15) is 0 Å². The molecule has 0 spiro atoms. The molecule has 2 heterocycles. The molecule has 1 aromatic heterocycles. The Bertz CT molecular complexity index is 512. The summed E-state index contributed by atoms with van der Waals surface area (Å²) >= 11 is 0. The van der Waals surface area contributed by atoms with Crippen LogP contribution in [0.1, 0.15) is 26.0 Å². The SMILES string of the molecule is CCNCc1cc(S(=O)(=O)NC2CCOC2C)c[nH]1. The molecular formula is C12H21N3O3S. The van der Waals surface area contributed by atoms with Crippen LogP contribution in [-0.4, -0.2) is 38.7 Å². The number of aromatic nitrogens is 1. The van der Waals surface area contributed by atoms with Gasteiger partial charge in [0.1, 0.15) is 0 Å². The summed E-state index contributed by atoms with van der Waals surface area (Å²) in [5.74, 6) is 0. The highest BCUT2D eigenvalue weighted by Crippen LogP contribution is 2.17. The van der Waals surface area contributed by atoms with Crippen molar-refractivity contribution in [1.29, 1.82) is 0 Å². The Hall–Kier alpha value is -0.890. The molecule has 1 saturated heterocycles. The molecule has 19 heavy (non-hydrogen) atoms. The fraction of sp³-hybridized carbons (Fsp3) is 0.667. The predicted molar refractivity (Wildman–Crippen MR) is 72.3 cm³/mol. The Labute approximate surface area is 114 Å². The van der Waals surface area contributed by atoms with Gasteiger partial charge in [0.15, 0.2) is 0 Å². The fourth-order valence-electron chi connectivity index (χ4n) is 2.09. The summed E-state index contributed by atoms with van der Waals surface area (Å²) in [5.41, 5.74) is 0.859. The van der Waals surface area contributed by atoms with Gasteiger partial charge in [0.2, 0.25) is 10.0 Å². The van der Waals surface area contributed by atoms with Gasteiger partial charge in [-0.15, -0.1) is 0 Å². The van der Waals surface area contributed by atoms with Gasteiger partial charge in [-0.25, -0.2) is 13.1 Å². The van der Waals surface area contributed by atoms with Gasteiger partial charge < -0.3 is 15.0 Å². The average Bonchev–Trinajstić information content (AvgIpc) is 2.97. The third-order valence-electron chi connectivity index (χ3n) is 3.27. The number of H-pyrrole nitrogens is 1. The Balaban J connectivity index is 2.04. The van der Waals surface area contributed by atoms with E-state index in [0.717, 1.165) is 18.7 Å². The second kappa shape index (κ2) is 6.04. The zero-order valence-corrected chi connectivity index (χ0v) is 12.1. The Morgan fingerprint density at radius 3 is 2.95 bits per heavy atom. The minimum absolute atomic E-state index is 0.0741. The molecule has 0 aliphatic carbocycles. The van der Waals surface area contributed by atoms with Crippen molar-refractivity contribution in [2.45, 2.75) is 43.9 Å². The van der Waals surface area contributed by atoms with E-state index in [1.165, 1.54) is 6.20 Å². The Morgan fingerprint density at radius 1 is 1.53 bits per heavy atom. The fourth-order valence-corrected chi connectivity index (χ4v) is 3.45. The van der Waals surface area contributed by atoms with Gasteiger partial charge in [-0.1, -0.05) is 6.92 Å². The first-order chi connectivity index (χ1) is 9.03. The molecule has 0 saturated carbocycles. The van der Waals surface area contributed by atoms with Gasteiger partial charge in [-0.05, 0) is 26.0 Å². The lowest BCUT2D eigenvalue weighted by molar-refractivity contribution is 0.117. The molecule has 1 aliphatic rings. The molecule has 2 rings (SSSR count). The molecule has 1 fully saturated rings. The van der Waals surface area contributed by atoms with Crippen LogP contribution in [0.5, 0.6) is 0 Å².